The zero-order chi connectivity index (χ0) is 33.1. The van der Waals surface area contributed by atoms with Gasteiger partial charge in [0.25, 0.3) is 0 Å². The molecule has 16 atom stereocenters. The van der Waals surface area contributed by atoms with Gasteiger partial charge >= 0.3 is 6.09 Å². The third kappa shape index (κ3) is 4.82. The molecule has 2 unspecified atom stereocenters. The number of ether oxygens (including phenoxy) is 4. The van der Waals surface area contributed by atoms with Crippen molar-refractivity contribution in [2.45, 2.75) is 147 Å². The van der Waals surface area contributed by atoms with E-state index in [1.165, 1.54) is 4.90 Å². The zero-order valence-corrected chi connectivity index (χ0v) is 29.3. The highest BCUT2D eigenvalue weighted by Gasteiger charge is 2.71. The molecule has 10 rings (SSSR count). The summed E-state index contributed by atoms with van der Waals surface area (Å²) < 4.78 is 27.2. The Kier molecular flexibility index (Phi) is 7.90. The van der Waals surface area contributed by atoms with Crippen LogP contribution < -0.4 is 0 Å². The van der Waals surface area contributed by atoms with Crippen LogP contribution >= 0.6 is 0 Å². The third-order valence-electron chi connectivity index (χ3n) is 13.8. The summed E-state index contributed by atoms with van der Waals surface area (Å²) in [6.45, 7) is 12.9. The summed E-state index contributed by atoms with van der Waals surface area (Å²) in [6, 6.07) is 0. The molecule has 264 valence electrons. The first-order chi connectivity index (χ1) is 22.3. The largest absolute Gasteiger partial charge is 0.435 e. The maximum Gasteiger partial charge on any atom is 0.435 e. The lowest BCUT2D eigenvalue weighted by molar-refractivity contribution is -0.571. The molecule has 8 aliphatic heterocycles. The van der Waals surface area contributed by atoms with Crippen LogP contribution in [0.15, 0.2) is 5.16 Å². The summed E-state index contributed by atoms with van der Waals surface area (Å²) >= 11 is 0. The smallest absolute Gasteiger partial charge is 0.345 e. The van der Waals surface area contributed by atoms with Crippen molar-refractivity contribution in [3.05, 3.63) is 0 Å². The Morgan fingerprint density at radius 3 is 1.81 bits per heavy atom. The van der Waals surface area contributed by atoms with E-state index in [0.29, 0.717) is 24.0 Å². The highest BCUT2D eigenvalue weighted by molar-refractivity contribution is 5.90. The first-order valence-electron chi connectivity index (χ1n) is 18.2. The van der Waals surface area contributed by atoms with Gasteiger partial charge in [-0.25, -0.2) is 24.3 Å². The molecule has 4 bridgehead atoms. The van der Waals surface area contributed by atoms with E-state index >= 15 is 0 Å². The molecule has 0 aromatic rings. The number of fused-ring (bicyclic) bond motifs is 4. The molecule has 8 saturated heterocycles. The Labute approximate surface area is 278 Å². The summed E-state index contributed by atoms with van der Waals surface area (Å²) in [4.78, 5) is 44.5. The van der Waals surface area contributed by atoms with Gasteiger partial charge in [-0.2, -0.15) is 0 Å². The van der Waals surface area contributed by atoms with Gasteiger partial charge in [0.15, 0.2) is 23.8 Å². The summed E-state index contributed by atoms with van der Waals surface area (Å²) in [5.74, 6) is 0.0490. The molecule has 0 N–H and O–H groups in total. The highest BCUT2D eigenvalue weighted by Crippen LogP contribution is 2.63. The number of hydrogen-bond acceptors (Lipinski definition) is 11. The van der Waals surface area contributed by atoms with Crippen LogP contribution in [0.3, 0.4) is 0 Å². The normalized spacial score (nSPS) is 54.9. The van der Waals surface area contributed by atoms with Crippen LogP contribution in [-0.4, -0.2) is 78.4 Å². The zero-order valence-electron chi connectivity index (χ0n) is 29.3. The maximum atomic E-state index is 12.7. The van der Waals surface area contributed by atoms with E-state index in [0.717, 1.165) is 51.4 Å². The topological polar surface area (TPSA) is 116 Å². The Hall–Kier alpha value is -1.38. The van der Waals surface area contributed by atoms with E-state index in [4.69, 9.17) is 43.3 Å². The van der Waals surface area contributed by atoms with E-state index in [1.54, 1.807) is 14.1 Å². The average molecular weight is 663 g/mol. The predicted octanol–water partition coefficient (Wildman–Crippen LogP) is 5.93. The second-order valence-electron chi connectivity index (χ2n) is 16.8. The SMILES string of the molecule is C[C@H]1[C@@H](/C(C[C@H]2O[C@@H]3OC4(C)CC[C@H]5[C@H](C)CC[C@@H]([C@H]2C)[C@@]35OO4)=N\OC(=O)N(C)C)O[C@@H]2OC3(C)CC[C@H]4[C@H](C)CC[C@@H]1[C@@]24OO3. The monoisotopic (exact) mass is 662 g/mol. The van der Waals surface area contributed by atoms with Crippen molar-refractivity contribution in [3.8, 4) is 0 Å². The molecule has 1 amide bonds. The lowest BCUT2D eigenvalue weighted by Gasteiger charge is -2.61. The standard InChI is InChI=1S/C35H54N2O10/c1-18-9-11-24-20(3)27(39-29-34(24)22(18)13-15-32(5,41-29)44-46-34)17-26(36-43-31(38)37(7)8)28-21(4)25-12-10-19(2)23-14-16-33(6)42-30(40-28)35(23,25)47-45-33/h18-25,27-30H,9-17H2,1-8H3/b36-26-/t18-,19-,20-,21-,22+,23+,24+,25+,27-,28+,29-,30-,32?,33?,34-,35-/m1/s1. The number of hydrogen-bond donors (Lipinski definition) is 0. The predicted molar refractivity (Wildman–Crippen MR) is 166 cm³/mol. The number of nitrogens with zero attached hydrogens (tertiary/aromatic N) is 2. The number of oxime groups is 1. The van der Waals surface area contributed by atoms with Crippen molar-refractivity contribution in [3.63, 3.8) is 0 Å². The minimum Gasteiger partial charge on any atom is -0.345 e. The van der Waals surface area contributed by atoms with Crippen LogP contribution in [0.25, 0.3) is 0 Å². The summed E-state index contributed by atoms with van der Waals surface area (Å²) in [5.41, 5.74) is -0.736. The second-order valence-corrected chi connectivity index (χ2v) is 16.8. The highest BCUT2D eigenvalue weighted by atomic mass is 17.3. The van der Waals surface area contributed by atoms with Gasteiger partial charge in [-0.15, -0.1) is 0 Å². The van der Waals surface area contributed by atoms with Crippen molar-refractivity contribution in [2.24, 2.45) is 52.5 Å². The van der Waals surface area contributed by atoms with Crippen LogP contribution in [0.5, 0.6) is 0 Å². The van der Waals surface area contributed by atoms with Crippen LogP contribution in [0, 0.1) is 47.3 Å². The van der Waals surface area contributed by atoms with E-state index < -0.39 is 47.6 Å². The number of carbonyl (C=O) groups excluding carboxylic acids is 1. The van der Waals surface area contributed by atoms with Crippen molar-refractivity contribution in [1.29, 1.82) is 0 Å². The molecule has 2 aliphatic carbocycles. The molecular formula is C35H54N2O10. The maximum absolute atomic E-state index is 12.7. The molecule has 10 fully saturated rings. The fourth-order valence-corrected chi connectivity index (χ4v) is 11.1. The van der Waals surface area contributed by atoms with Gasteiger partial charge in [0.05, 0.1) is 11.8 Å². The van der Waals surface area contributed by atoms with Gasteiger partial charge in [0.1, 0.15) is 6.10 Å². The van der Waals surface area contributed by atoms with Gasteiger partial charge in [-0.1, -0.05) is 32.9 Å². The van der Waals surface area contributed by atoms with Gasteiger partial charge < -0.3 is 23.8 Å². The Balaban J connectivity index is 1.13. The fourth-order valence-electron chi connectivity index (χ4n) is 11.1. The Bertz CT molecular complexity index is 1280. The van der Waals surface area contributed by atoms with Gasteiger partial charge in [-0.05, 0) is 87.9 Å². The lowest BCUT2D eigenvalue weighted by Crippen LogP contribution is -2.71. The molecule has 10 aliphatic rings. The van der Waals surface area contributed by atoms with Crippen LogP contribution in [0.2, 0.25) is 0 Å². The molecule has 2 spiro atoms. The van der Waals surface area contributed by atoms with E-state index in [9.17, 15) is 4.79 Å². The van der Waals surface area contributed by atoms with E-state index in [-0.39, 0.29) is 41.6 Å². The second kappa shape index (κ2) is 11.3. The van der Waals surface area contributed by atoms with Crippen molar-refractivity contribution in [2.75, 3.05) is 14.1 Å². The Morgan fingerprint density at radius 1 is 0.723 bits per heavy atom. The fraction of sp³-hybridized carbons (Fsp3) is 0.943. The number of amides is 1. The molecule has 0 radical (unpaired) electrons. The van der Waals surface area contributed by atoms with Crippen LogP contribution in [0.4, 0.5) is 4.79 Å². The van der Waals surface area contributed by atoms with Gasteiger partial charge in [-0.3, -0.25) is 4.84 Å². The Morgan fingerprint density at radius 2 is 1.26 bits per heavy atom. The number of rotatable bonds is 4. The summed E-state index contributed by atoms with van der Waals surface area (Å²) in [7, 11) is 3.29. The quantitative estimate of drug-likeness (QED) is 0.155. The first kappa shape index (κ1) is 32.8. The van der Waals surface area contributed by atoms with Crippen molar-refractivity contribution in [1.82, 2.24) is 4.90 Å². The van der Waals surface area contributed by atoms with Crippen LogP contribution in [-0.2, 0) is 43.3 Å². The number of carbonyl (C=O) groups is 1. The minimum absolute atomic E-state index is 0.0151. The van der Waals surface area contributed by atoms with Gasteiger partial charge in [0, 0.05) is 45.2 Å². The molecule has 0 aromatic carbocycles. The summed E-state index contributed by atoms with van der Waals surface area (Å²) in [6.07, 6.45) is 5.45. The molecule has 12 heteroatoms. The molecule has 47 heavy (non-hydrogen) atoms. The molecule has 8 heterocycles. The molecular weight excluding hydrogens is 608 g/mol. The third-order valence-corrected chi connectivity index (χ3v) is 13.8. The molecule has 12 nitrogen and oxygen atoms in total. The lowest BCUT2D eigenvalue weighted by atomic mass is 9.56. The van der Waals surface area contributed by atoms with Crippen molar-refractivity contribution < 1.29 is 48.1 Å². The van der Waals surface area contributed by atoms with Gasteiger partial charge in [0.2, 0.25) is 11.6 Å². The molecule has 2 saturated carbocycles. The molecule has 0 aromatic heterocycles. The summed E-state index contributed by atoms with van der Waals surface area (Å²) in [5, 5.41) is 4.58. The average Bonchev–Trinajstić information content (AvgIpc) is 3.41. The van der Waals surface area contributed by atoms with Crippen LogP contribution in [0.1, 0.15) is 99.3 Å². The van der Waals surface area contributed by atoms with E-state index in [2.05, 4.69) is 32.9 Å². The van der Waals surface area contributed by atoms with Crippen molar-refractivity contribution >= 4 is 11.8 Å². The minimum atomic E-state index is -0.893. The van der Waals surface area contributed by atoms with E-state index in [1.807, 2.05) is 13.8 Å². The first-order valence-corrected chi connectivity index (χ1v) is 18.2.